The highest BCUT2D eigenvalue weighted by atomic mass is 16.7. The Hall–Kier alpha value is -0.320. The predicted molar refractivity (Wildman–Crippen MR) is 67.3 cm³/mol. The Kier molecular flexibility index (Phi) is 4.77. The maximum atomic E-state index is 10.1. The Balaban J connectivity index is 1.65. The summed E-state index contributed by atoms with van der Waals surface area (Å²) in [6, 6.07) is 0. The predicted octanol–water partition coefficient (Wildman–Crippen LogP) is -1.64. The summed E-state index contributed by atoms with van der Waals surface area (Å²) >= 11 is 0. The summed E-state index contributed by atoms with van der Waals surface area (Å²) in [5.74, 6) is 0. The minimum Gasteiger partial charge on any atom is -0.394 e. The average Bonchev–Trinajstić information content (AvgIpc) is 2.80. The second kappa shape index (κ2) is 6.43. The third-order valence-electron chi connectivity index (χ3n) is 4.22. The molecule has 0 aromatic heterocycles. The van der Waals surface area contributed by atoms with Crippen molar-refractivity contribution >= 4 is 0 Å². The molecule has 8 nitrogen and oxygen atoms in total. The van der Waals surface area contributed by atoms with Gasteiger partial charge < -0.3 is 39.0 Å². The molecule has 3 aliphatic heterocycles. The van der Waals surface area contributed by atoms with Gasteiger partial charge in [0.05, 0.1) is 19.3 Å². The van der Waals surface area contributed by atoms with Crippen LogP contribution in [0, 0.1) is 0 Å². The Morgan fingerprint density at radius 1 is 1.14 bits per heavy atom. The van der Waals surface area contributed by atoms with Crippen LogP contribution in [0.25, 0.3) is 0 Å². The summed E-state index contributed by atoms with van der Waals surface area (Å²) in [7, 11) is 1.45. The van der Waals surface area contributed by atoms with Crippen molar-refractivity contribution in [3.8, 4) is 0 Å². The van der Waals surface area contributed by atoms with E-state index in [1.165, 1.54) is 7.11 Å². The molecule has 3 rings (SSSR count). The summed E-state index contributed by atoms with van der Waals surface area (Å²) in [5.41, 5.74) is 0. The Morgan fingerprint density at radius 2 is 1.95 bits per heavy atom. The van der Waals surface area contributed by atoms with Gasteiger partial charge in [0.2, 0.25) is 0 Å². The van der Waals surface area contributed by atoms with E-state index < -0.39 is 37.0 Å². The molecule has 0 saturated carbocycles. The Labute approximate surface area is 122 Å². The standard InChI is InChI=1S/C13H22O8/c1-17-13-9(16)11-10(8(20-13)5-18-11)21-12-7(15)3-2-6(4-14)19-12/h6-16H,2-5H2,1H3/t6-,7+,8+,9+,10-,11+,12-,13-/m0/s1. The molecule has 122 valence electrons. The molecule has 3 saturated heterocycles. The molecular weight excluding hydrogens is 284 g/mol. The molecular formula is C13H22O8. The van der Waals surface area contributed by atoms with E-state index in [4.69, 9.17) is 28.8 Å². The monoisotopic (exact) mass is 306 g/mol. The lowest BCUT2D eigenvalue weighted by Gasteiger charge is -2.40. The van der Waals surface area contributed by atoms with E-state index in [0.29, 0.717) is 19.4 Å². The van der Waals surface area contributed by atoms with E-state index in [1.54, 1.807) is 0 Å². The summed E-state index contributed by atoms with van der Waals surface area (Å²) in [4.78, 5) is 0. The highest BCUT2D eigenvalue weighted by Crippen LogP contribution is 2.34. The summed E-state index contributed by atoms with van der Waals surface area (Å²) in [6.07, 6.45) is -4.13. The van der Waals surface area contributed by atoms with Crippen molar-refractivity contribution in [2.45, 2.75) is 62.0 Å². The van der Waals surface area contributed by atoms with Gasteiger partial charge in [0, 0.05) is 7.11 Å². The van der Waals surface area contributed by atoms with Crippen molar-refractivity contribution in [2.24, 2.45) is 0 Å². The zero-order valence-electron chi connectivity index (χ0n) is 11.8. The first kappa shape index (κ1) is 15.6. The SMILES string of the molecule is CO[C@H]1O[C@@H]2CO[C@H]([C@H]1O)[C@H]2O[C@@H]1O[C@H](CO)CC[C@H]1O. The van der Waals surface area contributed by atoms with E-state index in [-0.39, 0.29) is 18.8 Å². The van der Waals surface area contributed by atoms with E-state index in [9.17, 15) is 10.2 Å². The molecule has 0 spiro atoms. The molecule has 0 aliphatic carbocycles. The van der Waals surface area contributed by atoms with Gasteiger partial charge in [-0.25, -0.2) is 0 Å². The van der Waals surface area contributed by atoms with Crippen LogP contribution in [0.4, 0.5) is 0 Å². The number of aliphatic hydroxyl groups is 3. The molecule has 3 N–H and O–H groups in total. The molecule has 0 radical (unpaired) electrons. The summed E-state index contributed by atoms with van der Waals surface area (Å²) in [5, 5.41) is 29.2. The maximum Gasteiger partial charge on any atom is 0.186 e. The minimum absolute atomic E-state index is 0.120. The smallest absolute Gasteiger partial charge is 0.186 e. The van der Waals surface area contributed by atoms with Crippen LogP contribution in [-0.4, -0.2) is 84.8 Å². The van der Waals surface area contributed by atoms with E-state index in [0.717, 1.165) is 0 Å². The third kappa shape index (κ3) is 2.95. The molecule has 3 heterocycles. The van der Waals surface area contributed by atoms with Gasteiger partial charge in [-0.05, 0) is 12.8 Å². The van der Waals surface area contributed by atoms with Crippen LogP contribution in [0.5, 0.6) is 0 Å². The largest absolute Gasteiger partial charge is 0.394 e. The number of aliphatic hydroxyl groups excluding tert-OH is 3. The lowest BCUT2D eigenvalue weighted by molar-refractivity contribution is -0.313. The van der Waals surface area contributed by atoms with Crippen LogP contribution in [0.3, 0.4) is 0 Å². The van der Waals surface area contributed by atoms with Gasteiger partial charge in [0.25, 0.3) is 0 Å². The lowest BCUT2D eigenvalue weighted by atomic mass is 10.0. The lowest BCUT2D eigenvalue weighted by Crippen LogP contribution is -2.57. The van der Waals surface area contributed by atoms with Crippen LogP contribution < -0.4 is 0 Å². The number of fused-ring (bicyclic) bond motifs is 2. The minimum atomic E-state index is -0.965. The van der Waals surface area contributed by atoms with Crippen molar-refractivity contribution in [2.75, 3.05) is 20.3 Å². The van der Waals surface area contributed by atoms with Crippen LogP contribution in [-0.2, 0) is 23.7 Å². The van der Waals surface area contributed by atoms with Crippen LogP contribution in [0.1, 0.15) is 12.8 Å². The molecule has 3 fully saturated rings. The van der Waals surface area contributed by atoms with Crippen molar-refractivity contribution in [3.05, 3.63) is 0 Å². The second-order valence-electron chi connectivity index (χ2n) is 5.62. The van der Waals surface area contributed by atoms with Gasteiger partial charge in [-0.2, -0.15) is 0 Å². The second-order valence-corrected chi connectivity index (χ2v) is 5.62. The van der Waals surface area contributed by atoms with Crippen LogP contribution in [0.2, 0.25) is 0 Å². The zero-order valence-corrected chi connectivity index (χ0v) is 11.8. The number of methoxy groups -OCH3 is 1. The topological polar surface area (TPSA) is 107 Å². The fraction of sp³-hybridized carbons (Fsp3) is 1.00. The number of rotatable bonds is 4. The fourth-order valence-corrected chi connectivity index (χ4v) is 3.04. The Bertz CT molecular complexity index is 353. The first-order chi connectivity index (χ1) is 10.1. The summed E-state index contributed by atoms with van der Waals surface area (Å²) in [6.45, 7) is 0.171. The summed E-state index contributed by atoms with van der Waals surface area (Å²) < 4.78 is 27.4. The van der Waals surface area contributed by atoms with Gasteiger partial charge in [0.15, 0.2) is 12.6 Å². The molecule has 2 bridgehead atoms. The van der Waals surface area contributed by atoms with Crippen molar-refractivity contribution in [1.82, 2.24) is 0 Å². The maximum absolute atomic E-state index is 10.1. The molecule has 21 heavy (non-hydrogen) atoms. The molecule has 3 aliphatic rings. The quantitative estimate of drug-likeness (QED) is 0.568. The first-order valence-corrected chi connectivity index (χ1v) is 7.21. The van der Waals surface area contributed by atoms with Gasteiger partial charge in [-0.3, -0.25) is 0 Å². The van der Waals surface area contributed by atoms with Crippen LogP contribution in [0.15, 0.2) is 0 Å². The Morgan fingerprint density at radius 3 is 2.67 bits per heavy atom. The van der Waals surface area contributed by atoms with E-state index in [2.05, 4.69) is 0 Å². The molecule has 0 aromatic carbocycles. The third-order valence-corrected chi connectivity index (χ3v) is 4.22. The molecule has 0 aromatic rings. The first-order valence-electron chi connectivity index (χ1n) is 7.21. The highest BCUT2D eigenvalue weighted by Gasteiger charge is 2.53. The van der Waals surface area contributed by atoms with Crippen molar-refractivity contribution in [1.29, 1.82) is 0 Å². The molecule has 0 amide bonds. The normalized spacial score (nSPS) is 50.3. The van der Waals surface area contributed by atoms with Gasteiger partial charge >= 0.3 is 0 Å². The fourth-order valence-electron chi connectivity index (χ4n) is 3.04. The number of hydrogen-bond acceptors (Lipinski definition) is 8. The van der Waals surface area contributed by atoms with Crippen molar-refractivity contribution in [3.63, 3.8) is 0 Å². The van der Waals surface area contributed by atoms with E-state index >= 15 is 0 Å². The van der Waals surface area contributed by atoms with Gasteiger partial charge in [-0.1, -0.05) is 0 Å². The molecule has 8 atom stereocenters. The average molecular weight is 306 g/mol. The van der Waals surface area contributed by atoms with Gasteiger partial charge in [-0.15, -0.1) is 0 Å². The number of ether oxygens (including phenoxy) is 5. The van der Waals surface area contributed by atoms with E-state index in [1.807, 2.05) is 0 Å². The number of hydrogen-bond donors (Lipinski definition) is 3. The molecule has 0 unspecified atom stereocenters. The zero-order chi connectivity index (χ0) is 15.0. The molecule has 8 heteroatoms. The highest BCUT2D eigenvalue weighted by molar-refractivity contribution is 4.97. The van der Waals surface area contributed by atoms with Crippen molar-refractivity contribution < 1.29 is 39.0 Å². The van der Waals surface area contributed by atoms with Crippen LogP contribution >= 0.6 is 0 Å². The van der Waals surface area contributed by atoms with Gasteiger partial charge in [0.1, 0.15) is 30.5 Å².